The van der Waals surface area contributed by atoms with Crippen LogP contribution in [0.3, 0.4) is 0 Å². The van der Waals surface area contributed by atoms with Gasteiger partial charge in [0.1, 0.15) is 6.04 Å². The average molecular weight is 314 g/mol. The van der Waals surface area contributed by atoms with E-state index >= 15 is 0 Å². The van der Waals surface area contributed by atoms with Crippen LogP contribution in [0.1, 0.15) is 36.5 Å². The minimum absolute atomic E-state index is 0.0401. The summed E-state index contributed by atoms with van der Waals surface area (Å²) in [4.78, 5) is 22.0. The van der Waals surface area contributed by atoms with Gasteiger partial charge in [0, 0.05) is 5.56 Å². The van der Waals surface area contributed by atoms with Crippen LogP contribution in [-0.4, -0.2) is 31.4 Å². The summed E-state index contributed by atoms with van der Waals surface area (Å²) >= 11 is 0. The summed E-state index contributed by atoms with van der Waals surface area (Å²) in [6, 6.07) is 3.94. The smallest absolute Gasteiger partial charge is 0.321 e. The molecule has 0 saturated carbocycles. The quantitative estimate of drug-likeness (QED) is 0.651. The second-order valence-electron chi connectivity index (χ2n) is 4.55. The zero-order valence-electron chi connectivity index (χ0n) is 11.6. The maximum atomic E-state index is 12.2. The molecule has 0 aliphatic carbocycles. The summed E-state index contributed by atoms with van der Waals surface area (Å²) in [7, 11) is -4.03. The largest absolute Gasteiger partial charge is 0.480 e. The highest BCUT2D eigenvalue weighted by Gasteiger charge is 2.25. The Morgan fingerprint density at radius 3 is 2.57 bits per heavy atom. The molecule has 0 aliphatic rings. The van der Waals surface area contributed by atoms with Crippen molar-refractivity contribution in [2.75, 3.05) is 0 Å². The van der Waals surface area contributed by atoms with Crippen LogP contribution < -0.4 is 10.5 Å². The van der Waals surface area contributed by atoms with Gasteiger partial charge >= 0.3 is 5.97 Å². The van der Waals surface area contributed by atoms with Crippen LogP contribution in [0.4, 0.5) is 0 Å². The van der Waals surface area contributed by atoms with Crippen LogP contribution in [0.5, 0.6) is 0 Å². The molecule has 1 aromatic carbocycles. The second-order valence-corrected chi connectivity index (χ2v) is 6.26. The number of primary amides is 1. The minimum atomic E-state index is -4.03. The minimum Gasteiger partial charge on any atom is -0.480 e. The number of carbonyl (C=O) groups is 2. The number of benzene rings is 1. The van der Waals surface area contributed by atoms with Crippen molar-refractivity contribution in [1.82, 2.24) is 4.72 Å². The molecule has 116 valence electrons. The van der Waals surface area contributed by atoms with E-state index in [4.69, 9.17) is 10.8 Å². The highest BCUT2D eigenvalue weighted by molar-refractivity contribution is 7.89. The van der Waals surface area contributed by atoms with Crippen molar-refractivity contribution >= 4 is 21.9 Å². The number of nitrogens with two attached hydrogens (primary N) is 1. The molecule has 0 radical (unpaired) electrons. The molecule has 8 heteroatoms. The molecule has 1 atom stereocenters. The number of carboxylic acids is 1. The fourth-order valence-corrected chi connectivity index (χ4v) is 2.98. The normalized spacial score (nSPS) is 12.8. The SMILES string of the molecule is CCCCC(NS(=O)(=O)c1cccc(C(N)=O)c1)C(=O)O. The van der Waals surface area contributed by atoms with E-state index < -0.39 is 27.9 Å². The molecule has 7 nitrogen and oxygen atoms in total. The molecule has 1 rings (SSSR count). The lowest BCUT2D eigenvalue weighted by atomic mass is 10.1. The van der Waals surface area contributed by atoms with Gasteiger partial charge in [-0.05, 0) is 24.6 Å². The Labute approximate surface area is 123 Å². The number of amides is 1. The van der Waals surface area contributed by atoms with E-state index in [2.05, 4.69) is 4.72 Å². The number of carbonyl (C=O) groups excluding carboxylic acids is 1. The Bertz CT molecular complexity index is 627. The molecule has 4 N–H and O–H groups in total. The molecule has 0 aliphatic heterocycles. The first-order chi connectivity index (χ1) is 9.77. The number of sulfonamides is 1. The molecule has 1 amide bonds. The van der Waals surface area contributed by atoms with Gasteiger partial charge in [0.05, 0.1) is 4.90 Å². The number of hydrogen-bond donors (Lipinski definition) is 3. The van der Waals surface area contributed by atoms with Gasteiger partial charge in [0.25, 0.3) is 0 Å². The molecule has 0 heterocycles. The van der Waals surface area contributed by atoms with Crippen molar-refractivity contribution in [2.45, 2.75) is 37.1 Å². The molecular weight excluding hydrogens is 296 g/mol. The van der Waals surface area contributed by atoms with E-state index in [1.807, 2.05) is 6.92 Å². The summed E-state index contributed by atoms with van der Waals surface area (Å²) in [6.07, 6.45) is 1.53. The van der Waals surface area contributed by atoms with Crippen LogP contribution in [0.15, 0.2) is 29.2 Å². The monoisotopic (exact) mass is 314 g/mol. The highest BCUT2D eigenvalue weighted by atomic mass is 32.2. The van der Waals surface area contributed by atoms with E-state index in [0.29, 0.717) is 6.42 Å². The zero-order valence-corrected chi connectivity index (χ0v) is 12.4. The first-order valence-electron chi connectivity index (χ1n) is 6.43. The van der Waals surface area contributed by atoms with E-state index in [0.717, 1.165) is 12.5 Å². The third-order valence-electron chi connectivity index (χ3n) is 2.87. The summed E-state index contributed by atoms with van der Waals surface area (Å²) in [6.45, 7) is 1.88. The van der Waals surface area contributed by atoms with Gasteiger partial charge in [-0.15, -0.1) is 0 Å². The standard InChI is InChI=1S/C13H18N2O5S/c1-2-3-7-11(13(17)18)15-21(19,20)10-6-4-5-9(8-10)12(14)16/h4-6,8,11,15H,2-3,7H2,1H3,(H2,14,16)(H,17,18). The maximum absolute atomic E-state index is 12.2. The molecule has 1 aromatic rings. The van der Waals surface area contributed by atoms with Gasteiger partial charge in [-0.1, -0.05) is 25.8 Å². The third kappa shape index (κ3) is 4.83. The zero-order chi connectivity index (χ0) is 16.0. The molecule has 0 saturated heterocycles. The molecule has 0 aromatic heterocycles. The summed E-state index contributed by atoms with van der Waals surface area (Å²) < 4.78 is 26.4. The Hall–Kier alpha value is -1.93. The van der Waals surface area contributed by atoms with Gasteiger partial charge in [-0.25, -0.2) is 8.42 Å². The number of aliphatic carboxylic acids is 1. The summed E-state index contributed by atoms with van der Waals surface area (Å²) in [5, 5.41) is 9.05. The summed E-state index contributed by atoms with van der Waals surface area (Å²) in [5.41, 5.74) is 5.13. The number of carboxylic acid groups (broad SMARTS) is 1. The van der Waals surface area contributed by atoms with Crippen molar-refractivity contribution in [2.24, 2.45) is 5.73 Å². The average Bonchev–Trinajstić information content (AvgIpc) is 2.43. The number of rotatable bonds is 8. The van der Waals surface area contributed by atoms with Gasteiger partial charge in [0.2, 0.25) is 15.9 Å². The molecule has 21 heavy (non-hydrogen) atoms. The second kappa shape index (κ2) is 7.19. The lowest BCUT2D eigenvalue weighted by Crippen LogP contribution is -2.40. The maximum Gasteiger partial charge on any atom is 0.321 e. The highest BCUT2D eigenvalue weighted by Crippen LogP contribution is 2.13. The van der Waals surface area contributed by atoms with Crippen molar-refractivity contribution in [3.63, 3.8) is 0 Å². The van der Waals surface area contributed by atoms with Crippen LogP contribution in [-0.2, 0) is 14.8 Å². The topological polar surface area (TPSA) is 127 Å². The lowest BCUT2D eigenvalue weighted by molar-refractivity contribution is -0.139. The molecule has 0 spiro atoms. The van der Waals surface area contributed by atoms with Crippen LogP contribution >= 0.6 is 0 Å². The van der Waals surface area contributed by atoms with Crippen LogP contribution in [0, 0.1) is 0 Å². The Kier molecular flexibility index (Phi) is 5.86. The Morgan fingerprint density at radius 1 is 1.38 bits per heavy atom. The van der Waals surface area contributed by atoms with Gasteiger partial charge in [-0.2, -0.15) is 4.72 Å². The van der Waals surface area contributed by atoms with Crippen molar-refractivity contribution in [1.29, 1.82) is 0 Å². The number of nitrogens with one attached hydrogen (secondary N) is 1. The van der Waals surface area contributed by atoms with Crippen molar-refractivity contribution < 1.29 is 23.1 Å². The number of hydrogen-bond acceptors (Lipinski definition) is 4. The van der Waals surface area contributed by atoms with E-state index in [9.17, 15) is 18.0 Å². The van der Waals surface area contributed by atoms with Crippen molar-refractivity contribution in [3.05, 3.63) is 29.8 Å². The molecule has 0 fully saturated rings. The Balaban J connectivity index is 3.01. The predicted molar refractivity (Wildman–Crippen MR) is 76.2 cm³/mol. The molecule has 1 unspecified atom stereocenters. The van der Waals surface area contributed by atoms with Gasteiger partial charge in [-0.3, -0.25) is 9.59 Å². The number of unbranched alkanes of at least 4 members (excludes halogenated alkanes) is 1. The van der Waals surface area contributed by atoms with E-state index in [-0.39, 0.29) is 16.9 Å². The van der Waals surface area contributed by atoms with E-state index in [1.54, 1.807) is 0 Å². The fraction of sp³-hybridized carbons (Fsp3) is 0.385. The molecular formula is C13H18N2O5S. The van der Waals surface area contributed by atoms with Crippen LogP contribution in [0.2, 0.25) is 0 Å². The lowest BCUT2D eigenvalue weighted by Gasteiger charge is -2.14. The first-order valence-corrected chi connectivity index (χ1v) is 7.91. The third-order valence-corrected chi connectivity index (χ3v) is 4.34. The van der Waals surface area contributed by atoms with E-state index in [1.165, 1.54) is 18.2 Å². The molecule has 0 bridgehead atoms. The van der Waals surface area contributed by atoms with Crippen LogP contribution in [0.25, 0.3) is 0 Å². The van der Waals surface area contributed by atoms with Gasteiger partial charge < -0.3 is 10.8 Å². The summed E-state index contributed by atoms with van der Waals surface area (Å²) in [5.74, 6) is -1.99. The fourth-order valence-electron chi connectivity index (χ4n) is 1.71. The predicted octanol–water partition coefficient (Wildman–Crippen LogP) is 0.707. The van der Waals surface area contributed by atoms with Crippen molar-refractivity contribution in [3.8, 4) is 0 Å². The Morgan fingerprint density at radius 2 is 2.05 bits per heavy atom. The van der Waals surface area contributed by atoms with Gasteiger partial charge in [0.15, 0.2) is 0 Å². The first kappa shape index (κ1) is 17.1.